The third kappa shape index (κ3) is 1.86. The van der Waals surface area contributed by atoms with Crippen LogP contribution in [-0.2, 0) is 4.74 Å². The molecule has 1 saturated heterocycles. The van der Waals surface area contributed by atoms with Gasteiger partial charge in [0.2, 0.25) is 0 Å². The smallest absolute Gasteiger partial charge is 0.136 e. The minimum atomic E-state index is -0.247. The van der Waals surface area contributed by atoms with Crippen LogP contribution in [0.2, 0.25) is 0 Å². The Morgan fingerprint density at radius 2 is 2.12 bits per heavy atom. The Morgan fingerprint density at radius 3 is 2.50 bits per heavy atom. The van der Waals surface area contributed by atoms with E-state index in [1.54, 1.807) is 6.20 Å². The molecule has 0 saturated carbocycles. The van der Waals surface area contributed by atoms with E-state index in [0.717, 1.165) is 10.9 Å². The lowest BCUT2D eigenvalue weighted by Crippen LogP contribution is -2.32. The van der Waals surface area contributed by atoms with Crippen LogP contribution >= 0.6 is 15.9 Å². The minimum Gasteiger partial charge on any atom is -0.383 e. The molecule has 2 heterocycles. The van der Waals surface area contributed by atoms with Gasteiger partial charge >= 0.3 is 0 Å². The van der Waals surface area contributed by atoms with Crippen molar-refractivity contribution in [3.63, 3.8) is 0 Å². The van der Waals surface area contributed by atoms with Gasteiger partial charge in [0.1, 0.15) is 5.82 Å². The van der Waals surface area contributed by atoms with Crippen LogP contribution in [-0.4, -0.2) is 21.0 Å². The first-order valence-electron chi connectivity index (χ1n) is 5.42. The highest BCUT2D eigenvalue weighted by Crippen LogP contribution is 2.45. The summed E-state index contributed by atoms with van der Waals surface area (Å²) in [5.74, 6) is 0.666. The third-order valence-electron chi connectivity index (χ3n) is 3.11. The topological polar surface area (TPSA) is 53.1 Å². The molecular weight excluding hydrogens is 270 g/mol. The maximum absolute atomic E-state index is 6.04. The molecule has 1 aliphatic rings. The first kappa shape index (κ1) is 11.9. The fourth-order valence-corrected chi connectivity index (χ4v) is 2.79. The molecule has 1 fully saturated rings. The molecule has 1 aliphatic heterocycles. The van der Waals surface area contributed by atoms with Crippen molar-refractivity contribution in [3.05, 3.63) is 10.7 Å². The van der Waals surface area contributed by atoms with Crippen molar-refractivity contribution >= 4 is 21.7 Å². The van der Waals surface area contributed by atoms with Crippen molar-refractivity contribution in [2.24, 2.45) is 0 Å². The molecule has 0 bridgehead atoms. The van der Waals surface area contributed by atoms with Crippen LogP contribution < -0.4 is 5.73 Å². The lowest BCUT2D eigenvalue weighted by molar-refractivity contribution is -0.0735. The highest BCUT2D eigenvalue weighted by atomic mass is 79.9. The largest absolute Gasteiger partial charge is 0.383 e. The zero-order valence-corrected chi connectivity index (χ0v) is 11.7. The molecule has 5 heteroatoms. The third-order valence-corrected chi connectivity index (χ3v) is 3.72. The van der Waals surface area contributed by atoms with E-state index >= 15 is 0 Å². The lowest BCUT2D eigenvalue weighted by Gasteiger charge is -2.27. The normalized spacial score (nSPS) is 27.2. The maximum atomic E-state index is 6.04. The van der Waals surface area contributed by atoms with Crippen molar-refractivity contribution < 1.29 is 4.74 Å². The van der Waals surface area contributed by atoms with Gasteiger partial charge < -0.3 is 10.5 Å². The molecule has 2 N–H and O–H groups in total. The summed E-state index contributed by atoms with van der Waals surface area (Å²) in [6.45, 7) is 8.37. The Labute approximate surface area is 104 Å². The highest BCUT2D eigenvalue weighted by molar-refractivity contribution is 9.10. The number of nitrogens with two attached hydrogens (primary N) is 1. The van der Waals surface area contributed by atoms with Crippen LogP contribution in [0.25, 0.3) is 0 Å². The zero-order valence-electron chi connectivity index (χ0n) is 10.1. The molecule has 2 rings (SSSR count). The van der Waals surface area contributed by atoms with Crippen molar-refractivity contribution in [2.45, 2.75) is 51.4 Å². The number of anilines is 1. The Hall–Kier alpha value is -0.550. The Kier molecular flexibility index (Phi) is 2.58. The van der Waals surface area contributed by atoms with Crippen molar-refractivity contribution in [1.82, 2.24) is 9.78 Å². The van der Waals surface area contributed by atoms with Crippen molar-refractivity contribution in [2.75, 3.05) is 5.73 Å². The quantitative estimate of drug-likeness (QED) is 0.864. The van der Waals surface area contributed by atoms with Crippen LogP contribution in [0.1, 0.15) is 40.2 Å². The molecular formula is C11H18BrN3O. The fraction of sp³-hybridized carbons (Fsp3) is 0.727. The summed E-state index contributed by atoms with van der Waals surface area (Å²) in [6.07, 6.45) is 2.65. The van der Waals surface area contributed by atoms with Gasteiger partial charge in [-0.15, -0.1) is 0 Å². The van der Waals surface area contributed by atoms with E-state index in [4.69, 9.17) is 10.5 Å². The van der Waals surface area contributed by atoms with Gasteiger partial charge in [-0.25, -0.2) is 4.68 Å². The molecule has 1 aromatic heterocycles. The number of hydrogen-bond donors (Lipinski definition) is 1. The molecule has 1 atom stereocenters. The number of halogens is 1. The Morgan fingerprint density at radius 1 is 1.50 bits per heavy atom. The maximum Gasteiger partial charge on any atom is 0.136 e. The number of aromatic nitrogens is 2. The van der Waals surface area contributed by atoms with Crippen LogP contribution in [0, 0.1) is 0 Å². The van der Waals surface area contributed by atoms with Crippen molar-refractivity contribution in [1.29, 1.82) is 0 Å². The van der Waals surface area contributed by atoms with E-state index in [-0.39, 0.29) is 17.2 Å². The fourth-order valence-electron chi connectivity index (χ4n) is 2.51. The summed E-state index contributed by atoms with van der Waals surface area (Å²) in [5.41, 5.74) is 5.62. The average molecular weight is 288 g/mol. The summed E-state index contributed by atoms with van der Waals surface area (Å²) >= 11 is 3.38. The Balaban J connectivity index is 2.38. The summed E-state index contributed by atoms with van der Waals surface area (Å²) in [5, 5.41) is 4.32. The summed E-state index contributed by atoms with van der Waals surface area (Å²) in [7, 11) is 0. The molecule has 0 amide bonds. The molecule has 0 aliphatic carbocycles. The van der Waals surface area contributed by atoms with E-state index in [1.807, 2.05) is 4.68 Å². The SMILES string of the molecule is CC1(C)CC(n2ncc(Br)c2N)C(C)(C)O1. The van der Waals surface area contributed by atoms with E-state index in [2.05, 4.69) is 48.7 Å². The molecule has 1 aromatic rings. The van der Waals surface area contributed by atoms with Crippen LogP contribution in [0.4, 0.5) is 5.82 Å². The molecule has 0 aromatic carbocycles. The van der Waals surface area contributed by atoms with Gasteiger partial charge in [0.05, 0.1) is 27.9 Å². The predicted molar refractivity (Wildman–Crippen MR) is 67.2 cm³/mol. The molecule has 4 nitrogen and oxygen atoms in total. The van der Waals surface area contributed by atoms with Gasteiger partial charge in [-0.2, -0.15) is 5.10 Å². The highest BCUT2D eigenvalue weighted by Gasteiger charge is 2.47. The van der Waals surface area contributed by atoms with Crippen LogP contribution in [0.5, 0.6) is 0 Å². The van der Waals surface area contributed by atoms with E-state index in [1.165, 1.54) is 0 Å². The van der Waals surface area contributed by atoms with Gasteiger partial charge in [-0.05, 0) is 43.6 Å². The Bertz CT molecular complexity index is 411. The summed E-state index contributed by atoms with van der Waals surface area (Å²) < 4.78 is 8.74. The molecule has 90 valence electrons. The minimum absolute atomic E-state index is 0.126. The number of nitrogens with zero attached hydrogens (tertiary/aromatic N) is 2. The summed E-state index contributed by atoms with van der Waals surface area (Å²) in [6, 6.07) is 0.175. The summed E-state index contributed by atoms with van der Waals surface area (Å²) in [4.78, 5) is 0. The van der Waals surface area contributed by atoms with E-state index in [0.29, 0.717) is 5.82 Å². The molecule has 16 heavy (non-hydrogen) atoms. The lowest BCUT2D eigenvalue weighted by atomic mass is 9.94. The second-order valence-corrected chi connectivity index (χ2v) is 6.36. The van der Waals surface area contributed by atoms with Gasteiger partial charge in [0, 0.05) is 6.42 Å². The molecule has 0 spiro atoms. The number of ether oxygens (including phenoxy) is 1. The van der Waals surface area contributed by atoms with Crippen LogP contribution in [0.3, 0.4) is 0 Å². The first-order chi connectivity index (χ1) is 7.23. The van der Waals surface area contributed by atoms with Gasteiger partial charge in [0.25, 0.3) is 0 Å². The second-order valence-electron chi connectivity index (χ2n) is 5.51. The van der Waals surface area contributed by atoms with Gasteiger partial charge in [-0.3, -0.25) is 0 Å². The second kappa shape index (κ2) is 3.47. The average Bonchev–Trinajstić information content (AvgIpc) is 2.52. The predicted octanol–water partition coefficient (Wildman–Crippen LogP) is 2.75. The van der Waals surface area contributed by atoms with Crippen LogP contribution in [0.15, 0.2) is 10.7 Å². The molecule has 0 radical (unpaired) electrons. The number of rotatable bonds is 1. The zero-order chi connectivity index (χ0) is 12.1. The van der Waals surface area contributed by atoms with Gasteiger partial charge in [0.15, 0.2) is 0 Å². The van der Waals surface area contributed by atoms with Gasteiger partial charge in [-0.1, -0.05) is 0 Å². The first-order valence-corrected chi connectivity index (χ1v) is 6.21. The molecule has 1 unspecified atom stereocenters. The van der Waals surface area contributed by atoms with E-state index in [9.17, 15) is 0 Å². The number of nitrogen functional groups attached to an aromatic ring is 1. The monoisotopic (exact) mass is 287 g/mol. The standard InChI is InChI=1S/C11H18BrN3O/c1-10(2)5-8(11(3,4)16-10)15-9(13)7(12)6-14-15/h6,8H,5,13H2,1-4H3. The van der Waals surface area contributed by atoms with E-state index < -0.39 is 0 Å². The number of hydrogen-bond acceptors (Lipinski definition) is 3. The van der Waals surface area contributed by atoms with Crippen molar-refractivity contribution in [3.8, 4) is 0 Å².